The highest BCUT2D eigenvalue weighted by Gasteiger charge is 2.41. The molecule has 2 aromatic heterocycles. The lowest BCUT2D eigenvalue weighted by atomic mass is 9.80. The minimum Gasteiger partial charge on any atom is -0.465 e. The number of allylic oxidation sites excluding steroid dienone is 2. The standard InChI is InChI=1S/C23H20N2O4S3/c1-28-22(27)20-19(18-14(26)6-4-7-15(18)29-21(20)24)17-9-12(10-30-17)11-31-23-25-13-5-2-3-8-16(13)32-23/h2-3,5,8-10,19H,4,6-7,11,24H2,1H3. The number of Topliss-reactive ketones (excluding diaryl/α,β-unsaturated/α-hetero) is 1. The number of hydrogen-bond donors (Lipinski definition) is 1. The Labute approximate surface area is 197 Å². The van der Waals surface area contributed by atoms with Gasteiger partial charge in [-0.1, -0.05) is 23.9 Å². The number of nitrogens with two attached hydrogens (primary N) is 1. The van der Waals surface area contributed by atoms with E-state index in [4.69, 9.17) is 15.2 Å². The molecule has 3 aromatic rings. The van der Waals surface area contributed by atoms with Gasteiger partial charge in [-0.05, 0) is 35.6 Å². The zero-order valence-corrected chi connectivity index (χ0v) is 19.7. The molecule has 6 nitrogen and oxygen atoms in total. The molecule has 1 aliphatic carbocycles. The Kier molecular flexibility index (Phi) is 5.79. The van der Waals surface area contributed by atoms with Crippen LogP contribution in [0.1, 0.15) is 35.6 Å². The quantitative estimate of drug-likeness (QED) is 0.397. The fourth-order valence-corrected chi connectivity index (χ4v) is 7.16. The maximum Gasteiger partial charge on any atom is 0.340 e. The Bertz CT molecular complexity index is 1250. The Morgan fingerprint density at radius 2 is 2.19 bits per heavy atom. The van der Waals surface area contributed by atoms with Crippen LogP contribution in [0.4, 0.5) is 0 Å². The fourth-order valence-electron chi connectivity index (χ4n) is 4.03. The first-order valence-electron chi connectivity index (χ1n) is 10.1. The molecule has 0 amide bonds. The number of thiophene rings is 1. The van der Waals surface area contributed by atoms with Crippen molar-refractivity contribution in [1.82, 2.24) is 4.98 Å². The average Bonchev–Trinajstić information content (AvgIpc) is 3.43. The molecule has 3 heterocycles. The summed E-state index contributed by atoms with van der Waals surface area (Å²) in [6, 6.07) is 10.1. The van der Waals surface area contributed by atoms with Crippen molar-refractivity contribution in [2.24, 2.45) is 5.73 Å². The van der Waals surface area contributed by atoms with Gasteiger partial charge in [0.25, 0.3) is 0 Å². The van der Waals surface area contributed by atoms with E-state index in [1.807, 2.05) is 24.3 Å². The number of aromatic nitrogens is 1. The summed E-state index contributed by atoms with van der Waals surface area (Å²) in [6.45, 7) is 0. The topological polar surface area (TPSA) is 91.5 Å². The molecule has 0 spiro atoms. The molecular weight excluding hydrogens is 464 g/mol. The predicted molar refractivity (Wildman–Crippen MR) is 126 cm³/mol. The summed E-state index contributed by atoms with van der Waals surface area (Å²) in [7, 11) is 1.31. The highest BCUT2D eigenvalue weighted by Crippen LogP contribution is 2.46. The number of fused-ring (bicyclic) bond motifs is 1. The summed E-state index contributed by atoms with van der Waals surface area (Å²) >= 11 is 4.87. The normalized spacial score (nSPS) is 18.7. The number of methoxy groups -OCH3 is 1. The molecule has 1 unspecified atom stereocenters. The van der Waals surface area contributed by atoms with Crippen molar-refractivity contribution in [2.75, 3.05) is 7.11 Å². The van der Waals surface area contributed by atoms with E-state index in [0.29, 0.717) is 24.2 Å². The van der Waals surface area contributed by atoms with Crippen LogP contribution in [0.15, 0.2) is 62.8 Å². The van der Waals surface area contributed by atoms with E-state index < -0.39 is 11.9 Å². The molecule has 0 saturated heterocycles. The van der Waals surface area contributed by atoms with Crippen molar-refractivity contribution in [3.05, 3.63) is 68.9 Å². The third-order valence-corrected chi connectivity index (χ3v) is 8.78. The van der Waals surface area contributed by atoms with Gasteiger partial charge in [-0.25, -0.2) is 9.78 Å². The number of carbonyl (C=O) groups excluding carboxylic acids is 2. The molecule has 1 aliphatic heterocycles. The highest BCUT2D eigenvalue weighted by atomic mass is 32.2. The smallest absolute Gasteiger partial charge is 0.340 e. The number of nitrogens with zero attached hydrogens (tertiary/aromatic N) is 1. The Morgan fingerprint density at radius 1 is 1.34 bits per heavy atom. The Morgan fingerprint density at radius 3 is 3.00 bits per heavy atom. The van der Waals surface area contributed by atoms with Crippen LogP contribution < -0.4 is 5.73 Å². The summed E-state index contributed by atoms with van der Waals surface area (Å²) in [5.41, 5.74) is 8.97. The fraction of sp³-hybridized carbons (Fsp3) is 0.261. The molecular formula is C23H20N2O4S3. The summed E-state index contributed by atoms with van der Waals surface area (Å²) < 4.78 is 12.8. The van der Waals surface area contributed by atoms with Crippen LogP contribution in [0.5, 0.6) is 0 Å². The number of rotatable bonds is 5. The molecule has 0 bridgehead atoms. The summed E-state index contributed by atoms with van der Waals surface area (Å²) in [4.78, 5) is 30.9. The van der Waals surface area contributed by atoms with Gasteiger partial charge in [-0.2, -0.15) is 0 Å². The van der Waals surface area contributed by atoms with Crippen molar-refractivity contribution >= 4 is 56.4 Å². The van der Waals surface area contributed by atoms with Crippen LogP contribution >= 0.6 is 34.4 Å². The number of thiazole rings is 1. The van der Waals surface area contributed by atoms with Crippen molar-refractivity contribution in [3.8, 4) is 0 Å². The summed E-state index contributed by atoms with van der Waals surface area (Å²) in [5.74, 6) is 0.223. The van der Waals surface area contributed by atoms with Gasteiger partial charge in [-0.15, -0.1) is 22.7 Å². The molecule has 5 rings (SSSR count). The summed E-state index contributed by atoms with van der Waals surface area (Å²) in [5, 5.41) is 2.06. The van der Waals surface area contributed by atoms with Gasteiger partial charge in [0.15, 0.2) is 10.1 Å². The lowest BCUT2D eigenvalue weighted by Crippen LogP contribution is -2.30. The van der Waals surface area contributed by atoms with E-state index in [-0.39, 0.29) is 17.2 Å². The SMILES string of the molecule is COC(=O)C1=C(N)OC2=C(C(=O)CCC2)C1c1cc(CSc2nc3ccccc3s2)cs1. The van der Waals surface area contributed by atoms with Crippen LogP contribution in [0.2, 0.25) is 0 Å². The van der Waals surface area contributed by atoms with Gasteiger partial charge in [-0.3, -0.25) is 4.79 Å². The van der Waals surface area contributed by atoms with Crippen LogP contribution in [0.3, 0.4) is 0 Å². The highest BCUT2D eigenvalue weighted by molar-refractivity contribution is 8.00. The molecule has 2 aliphatic rings. The molecule has 0 radical (unpaired) electrons. The van der Waals surface area contributed by atoms with E-state index >= 15 is 0 Å². The molecule has 9 heteroatoms. The first-order chi connectivity index (χ1) is 15.5. The van der Waals surface area contributed by atoms with Gasteiger partial charge in [0.2, 0.25) is 5.88 Å². The molecule has 0 fully saturated rings. The third-order valence-electron chi connectivity index (χ3n) is 5.48. The number of esters is 1. The molecule has 164 valence electrons. The maximum absolute atomic E-state index is 12.8. The van der Waals surface area contributed by atoms with Gasteiger partial charge >= 0.3 is 5.97 Å². The minimum absolute atomic E-state index is 0.00366. The monoisotopic (exact) mass is 484 g/mol. The number of hydrogen-bond acceptors (Lipinski definition) is 9. The molecule has 1 aromatic carbocycles. The van der Waals surface area contributed by atoms with Crippen LogP contribution in [-0.2, 0) is 24.8 Å². The van der Waals surface area contributed by atoms with Crippen molar-refractivity contribution in [2.45, 2.75) is 35.3 Å². The van der Waals surface area contributed by atoms with Crippen molar-refractivity contribution in [1.29, 1.82) is 0 Å². The maximum atomic E-state index is 12.8. The van der Waals surface area contributed by atoms with Gasteiger partial charge in [0, 0.05) is 29.0 Å². The van der Waals surface area contributed by atoms with E-state index in [9.17, 15) is 9.59 Å². The van der Waals surface area contributed by atoms with Crippen molar-refractivity contribution < 1.29 is 19.1 Å². The average molecular weight is 485 g/mol. The molecule has 1 atom stereocenters. The first-order valence-corrected chi connectivity index (χ1v) is 12.8. The zero-order chi connectivity index (χ0) is 22.2. The summed E-state index contributed by atoms with van der Waals surface area (Å²) in [6.07, 6.45) is 1.80. The number of ether oxygens (including phenoxy) is 2. The number of benzene rings is 1. The van der Waals surface area contributed by atoms with Crippen LogP contribution in [0.25, 0.3) is 10.2 Å². The second-order valence-corrected chi connectivity index (χ2v) is 10.7. The van der Waals surface area contributed by atoms with Gasteiger partial charge < -0.3 is 15.2 Å². The Hall–Kier alpha value is -2.62. The lowest BCUT2D eigenvalue weighted by Gasteiger charge is -2.31. The second kappa shape index (κ2) is 8.73. The number of ketones is 1. The number of thioether (sulfide) groups is 1. The molecule has 32 heavy (non-hydrogen) atoms. The molecule has 2 N–H and O–H groups in total. The van der Waals surface area contributed by atoms with Crippen LogP contribution in [-0.4, -0.2) is 23.8 Å². The number of para-hydroxylation sites is 1. The molecule has 0 saturated carbocycles. The minimum atomic E-state index is -0.573. The zero-order valence-electron chi connectivity index (χ0n) is 17.3. The Balaban J connectivity index is 1.44. The van der Waals surface area contributed by atoms with E-state index in [1.165, 1.54) is 23.1 Å². The van der Waals surface area contributed by atoms with Gasteiger partial charge in [0.1, 0.15) is 11.3 Å². The van der Waals surface area contributed by atoms with Crippen molar-refractivity contribution in [3.63, 3.8) is 0 Å². The second-order valence-electron chi connectivity index (χ2n) is 7.51. The predicted octanol–water partition coefficient (Wildman–Crippen LogP) is 5.11. The number of carbonyl (C=O) groups is 2. The van der Waals surface area contributed by atoms with E-state index in [2.05, 4.69) is 16.4 Å². The lowest BCUT2D eigenvalue weighted by molar-refractivity contribution is -0.136. The first kappa shape index (κ1) is 21.2. The van der Waals surface area contributed by atoms with Gasteiger partial charge in [0.05, 0.1) is 23.2 Å². The third kappa shape index (κ3) is 3.85. The largest absolute Gasteiger partial charge is 0.465 e. The van der Waals surface area contributed by atoms with Crippen LogP contribution in [0, 0.1) is 0 Å². The van der Waals surface area contributed by atoms with E-state index in [0.717, 1.165) is 32.5 Å². The van der Waals surface area contributed by atoms with E-state index in [1.54, 1.807) is 23.1 Å².